The molecule has 0 saturated carbocycles. The molecular formula is C115H108BF5N20NaO4S2. The Hall–Kier alpha value is -15.1. The number of carbonyl (C=O) groups is 1. The molecule has 21 rings (SSSR count). The third-order valence-corrected chi connectivity index (χ3v) is 30.1. The van der Waals surface area contributed by atoms with Crippen LogP contribution in [0, 0.1) is 36.0 Å². The van der Waals surface area contributed by atoms with E-state index in [0.29, 0.717) is 96.3 Å². The molecule has 0 aliphatic rings. The molecule has 21 aromatic rings. The maximum atomic E-state index is 16.1. The van der Waals surface area contributed by atoms with Gasteiger partial charge in [-0.3, -0.25) is 22.4 Å². The molecule has 24 nitrogen and oxygen atoms in total. The Morgan fingerprint density at radius 1 is 0.365 bits per heavy atom. The van der Waals surface area contributed by atoms with Crippen LogP contribution in [0.1, 0.15) is 138 Å². The van der Waals surface area contributed by atoms with Crippen molar-refractivity contribution in [3.05, 3.63) is 366 Å². The van der Waals surface area contributed by atoms with E-state index >= 15 is 4.39 Å². The first-order valence-corrected chi connectivity index (χ1v) is 50.1. The van der Waals surface area contributed by atoms with Gasteiger partial charge in [0, 0.05) is 98.1 Å². The molecule has 13 aromatic carbocycles. The Labute approximate surface area is 884 Å². The fourth-order valence-electron chi connectivity index (χ4n) is 17.7. The zero-order chi connectivity index (χ0) is 103. The van der Waals surface area contributed by atoms with Crippen molar-refractivity contribution in [2.24, 2.45) is 0 Å². The average molecular weight is 2030 g/mol. The quantitative estimate of drug-likeness (QED) is 0.0476. The van der Waals surface area contributed by atoms with Crippen molar-refractivity contribution >= 4 is 149 Å². The average Bonchev–Trinajstić information content (AvgIpc) is 1.72. The number of halogens is 5. The molecule has 0 aliphatic carbocycles. The second-order valence-electron chi connectivity index (χ2n) is 40.2. The van der Waals surface area contributed by atoms with Gasteiger partial charge in [-0.25, -0.2) is 30.4 Å². The predicted molar refractivity (Wildman–Crippen MR) is 580 cm³/mol. The molecule has 1 atom stereocenters. The molecule has 0 bridgehead atoms. The van der Waals surface area contributed by atoms with E-state index in [9.17, 15) is 35.9 Å². The van der Waals surface area contributed by atoms with Gasteiger partial charge in [0.2, 0.25) is 0 Å². The second-order valence-corrected chi connectivity index (χ2v) is 43.5. The maximum absolute atomic E-state index is 16.1. The number of hydrogen-bond donors (Lipinski definition) is 1. The summed E-state index contributed by atoms with van der Waals surface area (Å²) in [5, 5.41) is 43.8. The number of aldehydes is 1. The molecule has 0 saturated heterocycles. The molecule has 3 radical (unpaired) electrons. The number of thioether (sulfide) groups is 1. The number of benzene rings is 13. The summed E-state index contributed by atoms with van der Waals surface area (Å²) in [6.07, 6.45) is 8.15. The summed E-state index contributed by atoms with van der Waals surface area (Å²) >= 11 is 1.07. The summed E-state index contributed by atoms with van der Waals surface area (Å²) in [5.74, 6) is -0.168. The normalized spacial score (nSPS) is 12.1. The van der Waals surface area contributed by atoms with E-state index in [-0.39, 0.29) is 82.6 Å². The summed E-state index contributed by atoms with van der Waals surface area (Å²) in [5.41, 5.74) is 21.0. The largest absolute Gasteiger partial charge is 1.00 e. The summed E-state index contributed by atoms with van der Waals surface area (Å²) in [6, 6.07) is 84.4. The predicted octanol–water partition coefficient (Wildman–Crippen LogP) is 22.9. The monoisotopic (exact) mass is 2030 g/mol. The topological polar surface area (TPSA) is 257 Å². The second kappa shape index (κ2) is 42.4. The molecule has 743 valence electrons. The minimum atomic E-state index is -3.91. The zero-order valence-electron chi connectivity index (χ0n) is 86.5. The number of rotatable bonds is 18. The number of aromatic nitrogens is 16. The Morgan fingerprint density at radius 3 is 0.953 bits per heavy atom. The number of hydrogen-bond acceptors (Lipinski definition) is 21. The van der Waals surface area contributed by atoms with Gasteiger partial charge in [0.25, 0.3) is 23.1 Å². The van der Waals surface area contributed by atoms with Crippen LogP contribution in [0.25, 0.3) is 111 Å². The van der Waals surface area contributed by atoms with Crippen LogP contribution in [0.2, 0.25) is 0 Å². The van der Waals surface area contributed by atoms with Gasteiger partial charge in [0.15, 0.2) is 27.8 Å². The Bertz CT molecular complexity index is 8690. The van der Waals surface area contributed by atoms with Crippen LogP contribution in [-0.4, -0.2) is 141 Å². The Balaban J connectivity index is 0.000000149. The summed E-state index contributed by atoms with van der Waals surface area (Å²) in [4.78, 5) is 37.6. The van der Waals surface area contributed by atoms with Crippen molar-refractivity contribution in [3.8, 4) is 44.5 Å². The Morgan fingerprint density at radius 2 is 0.649 bits per heavy atom. The SMILES string of the molecule is CN(c1cccc(-c2ccc(C(C)(C)C)cc2)c1)c1nc2nncn2c2cc(C=O)c(F)cc12.CN(c1cccc(-c2ccc(C(C)(C)C)cc2)c1)c1nc2nncn2c2cc(CO)c(F)cc12.CN(c1cccc(-c2ccc(C(C)(C)C)cc2)c1)c1nc2nncn2c2cc(F)c(F)cc12.CSC(c1cc2c(cc1F)c(N(C)c1cccc(-c3ccc(C(C)(C)C)cc3)c1)nc1nncn12)S(=O)(=O)c1ccc(C)cc1.[B].[H-].[Na+]. The number of fused-ring (bicyclic) bond motifs is 12. The van der Waals surface area contributed by atoms with Gasteiger partial charge in [-0.15, -0.1) is 52.6 Å². The summed E-state index contributed by atoms with van der Waals surface area (Å²) in [7, 11) is 3.58. The van der Waals surface area contributed by atoms with Crippen molar-refractivity contribution in [2.75, 3.05) is 54.0 Å². The van der Waals surface area contributed by atoms with Gasteiger partial charge in [-0.05, 0) is 205 Å². The fraction of sp³-hybridized carbons (Fsp3) is 0.209. The van der Waals surface area contributed by atoms with Crippen molar-refractivity contribution in [1.82, 2.24) is 78.3 Å². The first-order chi connectivity index (χ1) is 69.6. The number of nitrogens with zero attached hydrogens (tertiary/aromatic N) is 20. The van der Waals surface area contributed by atoms with E-state index in [1.54, 1.807) is 60.3 Å². The number of aliphatic hydroxyl groups excluding tert-OH is 1. The van der Waals surface area contributed by atoms with E-state index in [1.165, 1.54) is 71.8 Å². The van der Waals surface area contributed by atoms with E-state index in [0.717, 1.165) is 96.7 Å². The van der Waals surface area contributed by atoms with Gasteiger partial charge < -0.3 is 26.1 Å². The number of carbonyl (C=O) groups excluding carboxylic acids is 1. The number of sulfone groups is 1. The van der Waals surface area contributed by atoms with E-state index < -0.39 is 50.1 Å². The van der Waals surface area contributed by atoms with Gasteiger partial charge in [0.1, 0.15) is 70.6 Å². The number of aliphatic hydroxyl groups is 1. The van der Waals surface area contributed by atoms with Crippen LogP contribution in [0.5, 0.6) is 0 Å². The molecule has 0 aliphatic heterocycles. The summed E-state index contributed by atoms with van der Waals surface area (Å²) < 4.78 is 106. The van der Waals surface area contributed by atoms with Gasteiger partial charge in [0.05, 0.1) is 39.1 Å². The van der Waals surface area contributed by atoms with Gasteiger partial charge in [-0.2, -0.15) is 19.9 Å². The Kier molecular flexibility index (Phi) is 30.3. The van der Waals surface area contributed by atoms with Crippen molar-refractivity contribution in [3.63, 3.8) is 0 Å². The standard InChI is InChI=1S/C35H34FN5O2S2.C27H26FN5O.C27H24FN5O.C26H23F2N5.B.Na.H/c1-22-10-16-27(17-11-22)45(42,43)33(44-6)28-20-31-29(19-30(28)36)32(38-34-39-37-21-41(31)34)40(5)26-9-7-8-24(18-26)23-12-14-25(15-13-23)35(2,3)4;2*1-27(2,3)20-10-8-17(9-11-20)18-6-5-7-21(12-18)32(4)25-22-14-23(28)19(15-34)13-24(22)33-16-29-31-26(33)30-25;1-26(2,3)18-10-8-16(9-11-18)17-6-5-7-19(12-17)32(4)24-20-13-21(27)22(28)14-23(20)33-15-29-31-25(33)30-24;;;/h7-21,33H,1-6H3;5-14,16,34H,15H2,1-4H3;5-16H,1-4H3;5-15H,1-4H3;;;/q;;;;;+1;-1. The smallest absolute Gasteiger partial charge is 1.00 e. The first-order valence-electron chi connectivity index (χ1n) is 47.3. The molecular weight excluding hydrogens is 1920 g/mol. The number of anilines is 8. The van der Waals surface area contributed by atoms with Crippen LogP contribution in [0.4, 0.5) is 68.0 Å². The molecule has 8 aromatic heterocycles. The minimum absolute atomic E-state index is 0. The molecule has 0 amide bonds. The zero-order valence-corrected chi connectivity index (χ0v) is 89.1. The van der Waals surface area contributed by atoms with Crippen molar-refractivity contribution in [2.45, 2.75) is 128 Å². The van der Waals surface area contributed by atoms with Gasteiger partial charge in [-0.1, -0.05) is 246 Å². The molecule has 0 spiro atoms. The van der Waals surface area contributed by atoms with Crippen molar-refractivity contribution < 1.29 is 71.3 Å². The van der Waals surface area contributed by atoms with Crippen LogP contribution >= 0.6 is 11.8 Å². The van der Waals surface area contributed by atoms with Crippen LogP contribution in [0.3, 0.4) is 0 Å². The van der Waals surface area contributed by atoms with E-state index in [4.69, 9.17) is 4.98 Å². The minimum Gasteiger partial charge on any atom is -1.00 e. The molecule has 1 unspecified atom stereocenters. The van der Waals surface area contributed by atoms with Crippen LogP contribution in [0.15, 0.2) is 297 Å². The number of aryl methyl sites for hydroxylation is 1. The first kappa shape index (κ1) is 106. The maximum Gasteiger partial charge on any atom is 1.00 e. The molecule has 1 N–H and O–H groups in total. The van der Waals surface area contributed by atoms with Crippen LogP contribution < -0.4 is 49.2 Å². The molecule has 33 heteroatoms. The van der Waals surface area contributed by atoms with Crippen LogP contribution in [-0.2, 0) is 38.1 Å². The summed E-state index contributed by atoms with van der Waals surface area (Å²) in [6.45, 7) is 27.8. The molecule has 0 fully saturated rings. The van der Waals surface area contributed by atoms with Gasteiger partial charge >= 0.3 is 29.6 Å². The third-order valence-electron chi connectivity index (χ3n) is 26.3. The fourth-order valence-corrected chi connectivity index (χ4v) is 20.8. The third kappa shape index (κ3) is 21.5. The molecule has 148 heavy (non-hydrogen) atoms. The van der Waals surface area contributed by atoms with E-state index in [1.807, 2.05) is 115 Å². The molecule has 8 heterocycles. The van der Waals surface area contributed by atoms with Crippen molar-refractivity contribution in [1.29, 1.82) is 0 Å². The van der Waals surface area contributed by atoms with E-state index in [2.05, 4.69) is 272 Å².